The molecule has 0 aliphatic carbocycles. The minimum absolute atomic E-state index is 0. The minimum atomic E-state index is -0.128. The molecule has 0 spiro atoms. The van der Waals surface area contributed by atoms with Crippen molar-refractivity contribution in [3.63, 3.8) is 0 Å². The number of hydrogen-bond acceptors (Lipinski definition) is 6. The van der Waals surface area contributed by atoms with Crippen LogP contribution in [0.1, 0.15) is 19.4 Å². The van der Waals surface area contributed by atoms with Gasteiger partial charge in [-0.3, -0.25) is 4.98 Å². The minimum Gasteiger partial charge on any atom is -0.509 e. The zero-order valence-electron chi connectivity index (χ0n) is 28.0. The maximum atomic E-state index is 6.38. The molecule has 50 heavy (non-hydrogen) atoms. The summed E-state index contributed by atoms with van der Waals surface area (Å²) in [5.74, 6) is 1.22. The molecule has 2 aliphatic rings. The van der Waals surface area contributed by atoms with Gasteiger partial charge in [0.2, 0.25) is 0 Å². The Morgan fingerprint density at radius 3 is 1.84 bits per heavy atom. The summed E-state index contributed by atoms with van der Waals surface area (Å²) in [5.41, 5.74) is 9.35. The number of ether oxygens (including phenoxy) is 1. The molecule has 7 heteroatoms. The predicted octanol–water partition coefficient (Wildman–Crippen LogP) is 10.2. The van der Waals surface area contributed by atoms with Crippen molar-refractivity contribution in [2.75, 3.05) is 21.7 Å². The van der Waals surface area contributed by atoms with Gasteiger partial charge < -0.3 is 24.3 Å². The van der Waals surface area contributed by atoms with E-state index >= 15 is 0 Å². The number of anilines is 4. The molecule has 8 rings (SSSR count). The van der Waals surface area contributed by atoms with Gasteiger partial charge in [-0.05, 0) is 56.1 Å². The third-order valence-electron chi connectivity index (χ3n) is 9.24. The second-order valence-corrected chi connectivity index (χ2v) is 12.6. The van der Waals surface area contributed by atoms with E-state index in [4.69, 9.17) is 4.74 Å². The molecule has 0 saturated heterocycles. The normalized spacial score (nSPS) is 15.1. The van der Waals surface area contributed by atoms with Crippen LogP contribution in [0.2, 0.25) is 0 Å². The van der Waals surface area contributed by atoms with Crippen LogP contribution in [0.25, 0.3) is 22.3 Å². The average Bonchev–Trinajstić information content (AvgIpc) is 3.64. The van der Waals surface area contributed by atoms with Crippen LogP contribution < -0.4 is 19.4 Å². The molecule has 0 radical (unpaired) electrons. The van der Waals surface area contributed by atoms with Gasteiger partial charge in [0.15, 0.2) is 0 Å². The van der Waals surface area contributed by atoms with Gasteiger partial charge in [0.25, 0.3) is 0 Å². The first-order chi connectivity index (χ1) is 24.0. The van der Waals surface area contributed by atoms with Gasteiger partial charge in [-0.25, -0.2) is 0 Å². The number of nitrogens with zero attached hydrogens (tertiary/aromatic N) is 5. The SMILES string of the molecule is CN1[CH-]N(c2[c-]c(Oc3[c-]c(N4C=CN(c5c(-c6ccccc6)cncc5-c5ccccc5)[CH-]4)ccc3)ccc2)c2ccccc2C1(C)C.[Pt+4]. The number of pyridine rings is 1. The Labute approximate surface area is 309 Å². The number of rotatable bonds is 7. The largest absolute Gasteiger partial charge is 4.00 e. The fourth-order valence-electron chi connectivity index (χ4n) is 6.38. The Balaban J connectivity index is 0.00000392. The fraction of sp³-hybridized carbons (Fsp3) is 0.0930. The Morgan fingerprint density at radius 2 is 1.18 bits per heavy atom. The topological polar surface area (TPSA) is 35.1 Å². The summed E-state index contributed by atoms with van der Waals surface area (Å²) in [6.45, 7) is 8.66. The third-order valence-corrected chi connectivity index (χ3v) is 9.24. The summed E-state index contributed by atoms with van der Waals surface area (Å²) in [5, 5.41) is 0. The van der Waals surface area contributed by atoms with Crippen molar-refractivity contribution >= 4 is 22.7 Å². The monoisotopic (exact) mass is 832 g/mol. The maximum Gasteiger partial charge on any atom is 4.00 e. The first-order valence-electron chi connectivity index (χ1n) is 16.3. The molecule has 0 amide bonds. The summed E-state index contributed by atoms with van der Waals surface area (Å²) in [6, 6.07) is 48.1. The van der Waals surface area contributed by atoms with Crippen LogP contribution in [0.4, 0.5) is 22.7 Å². The van der Waals surface area contributed by atoms with Crippen molar-refractivity contribution < 1.29 is 25.8 Å². The molecule has 1 aromatic heterocycles. The van der Waals surface area contributed by atoms with E-state index in [1.165, 1.54) is 5.56 Å². The molecule has 2 aliphatic heterocycles. The van der Waals surface area contributed by atoms with Gasteiger partial charge in [-0.15, -0.1) is 54.4 Å². The van der Waals surface area contributed by atoms with Crippen LogP contribution >= 0.6 is 0 Å². The van der Waals surface area contributed by atoms with Crippen LogP contribution in [-0.4, -0.2) is 16.9 Å². The smallest absolute Gasteiger partial charge is 0.509 e. The molecule has 248 valence electrons. The van der Waals surface area contributed by atoms with Crippen LogP contribution in [-0.2, 0) is 26.6 Å². The standard InChI is InChI=1S/C43H35N5O.Pt/c1-43(2)40-22-10-11-23-41(40)48(30-45(43)3)35-19-13-21-37(27-35)49-36-20-12-18-34(26-36)46-24-25-47(31-46)42-38(32-14-6-4-7-15-32)28-44-29-39(42)33-16-8-5-9-17-33;/h4-25,28-31H,1-3H3;/q-4;+4. The van der Waals surface area contributed by atoms with Gasteiger partial charge in [-0.1, -0.05) is 78.9 Å². The zero-order chi connectivity index (χ0) is 33.4. The van der Waals surface area contributed by atoms with Gasteiger partial charge in [0.05, 0.1) is 0 Å². The van der Waals surface area contributed by atoms with Crippen molar-refractivity contribution in [1.82, 2.24) is 9.88 Å². The van der Waals surface area contributed by atoms with E-state index in [9.17, 15) is 0 Å². The van der Waals surface area contributed by atoms with E-state index in [0.29, 0.717) is 11.5 Å². The Kier molecular flexibility index (Phi) is 9.33. The van der Waals surface area contributed by atoms with Crippen LogP contribution in [0.3, 0.4) is 0 Å². The predicted molar refractivity (Wildman–Crippen MR) is 198 cm³/mol. The molecule has 6 aromatic rings. The quantitative estimate of drug-likeness (QED) is 0.149. The van der Waals surface area contributed by atoms with E-state index in [2.05, 4.69) is 151 Å². The molecule has 0 fully saturated rings. The van der Waals surface area contributed by atoms with Crippen LogP contribution in [0.5, 0.6) is 11.5 Å². The van der Waals surface area contributed by atoms with E-state index in [1.54, 1.807) is 0 Å². The zero-order valence-corrected chi connectivity index (χ0v) is 30.2. The Hall–Kier alpha value is -5.16. The van der Waals surface area contributed by atoms with E-state index in [-0.39, 0.29) is 26.6 Å². The fourth-order valence-corrected chi connectivity index (χ4v) is 6.38. The van der Waals surface area contributed by atoms with E-state index in [1.807, 2.05) is 66.0 Å². The Morgan fingerprint density at radius 1 is 0.620 bits per heavy atom. The van der Waals surface area contributed by atoms with Crippen molar-refractivity contribution in [2.45, 2.75) is 19.4 Å². The van der Waals surface area contributed by atoms with Crippen LogP contribution in [0.15, 0.2) is 146 Å². The van der Waals surface area contributed by atoms with E-state index in [0.717, 1.165) is 45.0 Å². The summed E-state index contributed by atoms with van der Waals surface area (Å²) in [7, 11) is 2.11. The first kappa shape index (κ1) is 33.3. The average molecular weight is 833 g/mol. The number of hydrogen-bond donors (Lipinski definition) is 0. The number of fused-ring (bicyclic) bond motifs is 1. The van der Waals surface area contributed by atoms with Crippen LogP contribution in [0, 0.1) is 25.5 Å². The summed E-state index contributed by atoms with van der Waals surface area (Å²) < 4.78 is 6.38. The summed E-state index contributed by atoms with van der Waals surface area (Å²) in [4.78, 5) is 13.2. The third kappa shape index (κ3) is 6.33. The second-order valence-electron chi connectivity index (χ2n) is 12.6. The molecule has 6 nitrogen and oxygen atoms in total. The molecule has 0 bridgehead atoms. The number of para-hydroxylation sites is 1. The van der Waals surface area contributed by atoms with Crippen molar-refractivity contribution in [3.05, 3.63) is 177 Å². The van der Waals surface area contributed by atoms with E-state index < -0.39 is 0 Å². The Bertz CT molecular complexity index is 2080. The molecule has 0 N–H and O–H groups in total. The number of aromatic nitrogens is 1. The summed E-state index contributed by atoms with van der Waals surface area (Å²) in [6.07, 6.45) is 7.98. The maximum absolute atomic E-state index is 6.38. The van der Waals surface area contributed by atoms with Gasteiger partial charge >= 0.3 is 21.1 Å². The van der Waals surface area contributed by atoms with Gasteiger partial charge in [0.1, 0.15) is 0 Å². The molecular weight excluding hydrogens is 798 g/mol. The first-order valence-corrected chi connectivity index (χ1v) is 16.3. The number of benzene rings is 5. The molecule has 5 aromatic carbocycles. The van der Waals surface area contributed by atoms with Crippen molar-refractivity contribution in [3.8, 4) is 33.8 Å². The summed E-state index contributed by atoms with van der Waals surface area (Å²) >= 11 is 0. The second kappa shape index (κ2) is 14.0. The van der Waals surface area contributed by atoms with Gasteiger partial charge in [0, 0.05) is 51.9 Å². The van der Waals surface area contributed by atoms with Crippen molar-refractivity contribution in [1.29, 1.82) is 0 Å². The van der Waals surface area contributed by atoms with Gasteiger partial charge in [-0.2, -0.15) is 18.8 Å². The molecular formula is C43H35N5OPt. The van der Waals surface area contributed by atoms with Crippen molar-refractivity contribution in [2.24, 2.45) is 0 Å². The molecule has 0 unspecified atom stereocenters. The molecule has 0 atom stereocenters. The molecule has 0 saturated carbocycles. The molecule has 3 heterocycles.